The van der Waals surface area contributed by atoms with Crippen molar-refractivity contribution in [2.24, 2.45) is 5.41 Å². The summed E-state index contributed by atoms with van der Waals surface area (Å²) in [5, 5.41) is 16.1. The fraction of sp³-hybridized carbons (Fsp3) is 0.789. The number of nitrogens with one attached hydrogen (secondary N) is 2. The lowest BCUT2D eigenvalue weighted by molar-refractivity contribution is -0.334. The Morgan fingerprint density at radius 3 is 2.59 bits per heavy atom. The fourth-order valence-corrected chi connectivity index (χ4v) is 3.16. The molecule has 2 saturated heterocycles. The Kier molecular flexibility index (Phi) is 6.68. The second kappa shape index (κ2) is 8.26. The molecule has 0 bridgehead atoms. The predicted molar refractivity (Wildman–Crippen MR) is 98.8 cm³/mol. The van der Waals surface area contributed by atoms with Crippen molar-refractivity contribution in [3.05, 3.63) is 12.2 Å². The first-order valence-electron chi connectivity index (χ1n) is 9.27. The number of allylic oxidation sites excluding steroid dienone is 1. The van der Waals surface area contributed by atoms with E-state index < -0.39 is 42.2 Å². The summed E-state index contributed by atoms with van der Waals surface area (Å²) < 4.78 is 17.0. The summed E-state index contributed by atoms with van der Waals surface area (Å²) in [6.07, 6.45) is 0.463. The maximum Gasteiger partial charge on any atom is 0.252 e. The number of carbonyl (C=O) groups excluding carboxylic acids is 2. The highest BCUT2D eigenvalue weighted by Gasteiger charge is 2.48. The first-order chi connectivity index (χ1) is 12.4. The van der Waals surface area contributed by atoms with Crippen LogP contribution in [0.5, 0.6) is 0 Å². The molecule has 8 heteroatoms. The lowest BCUT2D eigenvalue weighted by Crippen LogP contribution is -2.61. The monoisotopic (exact) mass is 384 g/mol. The van der Waals surface area contributed by atoms with Crippen molar-refractivity contribution in [3.63, 3.8) is 0 Å². The van der Waals surface area contributed by atoms with Gasteiger partial charge in [-0.05, 0) is 25.7 Å². The normalized spacial score (nSPS) is 32.3. The number of ether oxygens (including phenoxy) is 3. The van der Waals surface area contributed by atoms with Crippen LogP contribution in [0.4, 0.5) is 0 Å². The van der Waals surface area contributed by atoms with Gasteiger partial charge in [-0.3, -0.25) is 9.59 Å². The van der Waals surface area contributed by atoms with Gasteiger partial charge in [-0.2, -0.15) is 0 Å². The van der Waals surface area contributed by atoms with Crippen molar-refractivity contribution >= 4 is 11.8 Å². The van der Waals surface area contributed by atoms with Gasteiger partial charge in [0.1, 0.15) is 24.4 Å². The van der Waals surface area contributed by atoms with E-state index >= 15 is 0 Å². The van der Waals surface area contributed by atoms with E-state index in [0.29, 0.717) is 13.0 Å². The van der Waals surface area contributed by atoms with Gasteiger partial charge in [-0.1, -0.05) is 32.9 Å². The molecule has 2 rings (SSSR count). The highest BCUT2D eigenvalue weighted by atomic mass is 16.7. The molecule has 0 aromatic heterocycles. The molecular formula is C19H32N2O6. The predicted octanol–water partition coefficient (Wildman–Crippen LogP) is 0.489. The van der Waals surface area contributed by atoms with E-state index in [0.717, 1.165) is 0 Å². The smallest absolute Gasteiger partial charge is 0.252 e. The molecule has 27 heavy (non-hydrogen) atoms. The van der Waals surface area contributed by atoms with E-state index in [4.69, 9.17) is 14.2 Å². The zero-order valence-electron chi connectivity index (χ0n) is 16.9. The number of methoxy groups -OCH3 is 1. The Hall–Kier alpha value is -1.48. The molecule has 3 N–H and O–H groups in total. The van der Waals surface area contributed by atoms with Gasteiger partial charge in [-0.25, -0.2) is 0 Å². The Morgan fingerprint density at radius 2 is 2.07 bits per heavy atom. The van der Waals surface area contributed by atoms with Gasteiger partial charge in [0.15, 0.2) is 11.9 Å². The van der Waals surface area contributed by atoms with Gasteiger partial charge < -0.3 is 30.0 Å². The van der Waals surface area contributed by atoms with Gasteiger partial charge in [0.05, 0.1) is 0 Å². The van der Waals surface area contributed by atoms with E-state index in [1.54, 1.807) is 19.9 Å². The first-order valence-corrected chi connectivity index (χ1v) is 9.27. The molecule has 0 aliphatic carbocycles. The molecule has 2 aliphatic rings. The van der Waals surface area contributed by atoms with Crippen LogP contribution >= 0.6 is 0 Å². The molecule has 2 fully saturated rings. The zero-order chi connectivity index (χ0) is 20.4. The quantitative estimate of drug-likeness (QED) is 0.596. The Morgan fingerprint density at radius 1 is 1.41 bits per heavy atom. The average Bonchev–Trinajstić information content (AvgIpc) is 2.93. The van der Waals surface area contributed by atoms with Crippen molar-refractivity contribution in [1.29, 1.82) is 0 Å². The van der Waals surface area contributed by atoms with Crippen LogP contribution in [0.1, 0.15) is 41.0 Å². The van der Waals surface area contributed by atoms with Crippen LogP contribution in [-0.2, 0) is 23.8 Å². The minimum atomic E-state index is -1.11. The molecule has 2 aliphatic heterocycles. The summed E-state index contributed by atoms with van der Waals surface area (Å²) >= 11 is 0. The Balaban J connectivity index is 2.17. The number of rotatable bonds is 5. The van der Waals surface area contributed by atoms with Gasteiger partial charge in [0.2, 0.25) is 5.91 Å². The standard InChI is InChI=1S/C19H32N2O6/c1-18(2,3)9-7-12-13(22)14(27-19(4,5)26-12)15(25-6)17(24)21-11-8-10-20-16(11)23/h7,9,11-15,22H,8,10H2,1-6H3,(H,20,23)(H,21,24)/t11?,12-,13-,14-,15-/m1/s1. The molecule has 0 aromatic carbocycles. The van der Waals surface area contributed by atoms with E-state index in [1.807, 2.05) is 26.8 Å². The molecule has 2 heterocycles. The van der Waals surface area contributed by atoms with Crippen LogP contribution in [0.3, 0.4) is 0 Å². The molecule has 0 radical (unpaired) electrons. The third-order valence-corrected chi connectivity index (χ3v) is 4.47. The lowest BCUT2D eigenvalue weighted by atomic mass is 9.93. The highest BCUT2D eigenvalue weighted by Crippen LogP contribution is 2.31. The Bertz CT molecular complexity index is 583. The van der Waals surface area contributed by atoms with Crippen molar-refractivity contribution in [1.82, 2.24) is 10.6 Å². The number of aliphatic hydroxyl groups is 1. The number of hydrogen-bond donors (Lipinski definition) is 3. The molecular weight excluding hydrogens is 352 g/mol. The van der Waals surface area contributed by atoms with E-state index in [1.165, 1.54) is 7.11 Å². The van der Waals surface area contributed by atoms with Crippen LogP contribution in [0.15, 0.2) is 12.2 Å². The Labute approximate surface area is 160 Å². The maximum absolute atomic E-state index is 12.7. The summed E-state index contributed by atoms with van der Waals surface area (Å²) in [6.45, 7) is 10.1. The minimum absolute atomic E-state index is 0.0884. The van der Waals surface area contributed by atoms with Crippen molar-refractivity contribution in [2.45, 2.75) is 77.3 Å². The minimum Gasteiger partial charge on any atom is -0.387 e. The molecule has 5 atom stereocenters. The third-order valence-electron chi connectivity index (χ3n) is 4.47. The summed E-state index contributed by atoms with van der Waals surface area (Å²) in [5.41, 5.74) is -0.0884. The van der Waals surface area contributed by atoms with Crippen molar-refractivity contribution < 1.29 is 28.9 Å². The van der Waals surface area contributed by atoms with E-state index in [-0.39, 0.29) is 11.3 Å². The largest absolute Gasteiger partial charge is 0.387 e. The fourth-order valence-electron chi connectivity index (χ4n) is 3.16. The third kappa shape index (κ3) is 5.75. The van der Waals surface area contributed by atoms with E-state index in [2.05, 4.69) is 10.6 Å². The van der Waals surface area contributed by atoms with Gasteiger partial charge in [0, 0.05) is 13.7 Å². The molecule has 1 unspecified atom stereocenters. The number of hydrogen-bond acceptors (Lipinski definition) is 6. The highest BCUT2D eigenvalue weighted by molar-refractivity contribution is 5.90. The van der Waals surface area contributed by atoms with Crippen LogP contribution in [0.25, 0.3) is 0 Å². The van der Waals surface area contributed by atoms with Crippen LogP contribution < -0.4 is 10.6 Å². The average molecular weight is 384 g/mol. The molecule has 154 valence electrons. The lowest BCUT2D eigenvalue weighted by Gasteiger charge is -2.45. The summed E-state index contributed by atoms with van der Waals surface area (Å²) in [6, 6.07) is -0.600. The SMILES string of the molecule is CO[C@@H](C(=O)NC1CCNC1=O)[C@@H]1OC(C)(C)O[C@H](C=CC(C)(C)C)[C@H]1O. The molecule has 0 saturated carbocycles. The summed E-state index contributed by atoms with van der Waals surface area (Å²) in [7, 11) is 1.37. The zero-order valence-corrected chi connectivity index (χ0v) is 16.9. The van der Waals surface area contributed by atoms with Crippen LogP contribution in [-0.4, -0.2) is 66.8 Å². The molecule has 0 spiro atoms. The number of aliphatic hydroxyl groups excluding tert-OH is 1. The van der Waals surface area contributed by atoms with Gasteiger partial charge in [-0.15, -0.1) is 0 Å². The van der Waals surface area contributed by atoms with Crippen LogP contribution in [0, 0.1) is 5.41 Å². The van der Waals surface area contributed by atoms with Crippen molar-refractivity contribution in [2.75, 3.05) is 13.7 Å². The maximum atomic E-state index is 12.7. The van der Waals surface area contributed by atoms with Gasteiger partial charge >= 0.3 is 0 Å². The summed E-state index contributed by atoms with van der Waals surface area (Å²) in [4.78, 5) is 24.4. The molecule has 0 aromatic rings. The number of amides is 2. The van der Waals surface area contributed by atoms with Crippen LogP contribution in [0.2, 0.25) is 0 Å². The second-order valence-corrected chi connectivity index (χ2v) is 8.58. The first kappa shape index (κ1) is 21.8. The van der Waals surface area contributed by atoms with E-state index in [9.17, 15) is 14.7 Å². The molecule has 8 nitrogen and oxygen atoms in total. The number of carbonyl (C=O) groups is 2. The summed E-state index contributed by atoms with van der Waals surface area (Å²) in [5.74, 6) is -1.74. The van der Waals surface area contributed by atoms with Gasteiger partial charge in [0.25, 0.3) is 5.91 Å². The topological polar surface area (TPSA) is 106 Å². The molecule has 2 amide bonds. The second-order valence-electron chi connectivity index (χ2n) is 8.58. The van der Waals surface area contributed by atoms with Crippen molar-refractivity contribution in [3.8, 4) is 0 Å².